The molecule has 2 saturated heterocycles. The average molecular weight is 388 g/mol. The number of Topliss-reactive ketones (excluding diaryl/α,β-unsaturated/α-hetero) is 1. The summed E-state index contributed by atoms with van der Waals surface area (Å²) in [7, 11) is 0. The number of hydrogen-bond acceptors (Lipinski definition) is 2. The normalized spacial score (nSPS) is 32.8. The largest absolute Gasteiger partial charge is 0.322 e. The van der Waals surface area contributed by atoms with E-state index in [-0.39, 0.29) is 23.8 Å². The van der Waals surface area contributed by atoms with E-state index in [2.05, 4.69) is 50.2 Å². The predicted octanol–water partition coefficient (Wildman–Crippen LogP) is 5.14. The van der Waals surface area contributed by atoms with Crippen LogP contribution in [0.1, 0.15) is 62.6 Å². The second-order valence-corrected chi connectivity index (χ2v) is 9.50. The van der Waals surface area contributed by atoms with E-state index in [0.29, 0.717) is 17.6 Å². The van der Waals surface area contributed by atoms with Crippen LogP contribution in [-0.2, 0) is 9.59 Å². The quantitative estimate of drug-likeness (QED) is 0.644. The molecule has 1 saturated carbocycles. The van der Waals surface area contributed by atoms with Crippen LogP contribution in [0.4, 0.5) is 0 Å². The molecule has 0 radical (unpaired) electrons. The number of amides is 1. The second-order valence-electron chi connectivity index (χ2n) is 9.50. The first-order valence-corrected chi connectivity index (χ1v) is 11.0. The highest BCUT2D eigenvalue weighted by Gasteiger charge is 2.71. The molecule has 5 atom stereocenters. The van der Waals surface area contributed by atoms with E-state index in [0.717, 1.165) is 31.2 Å². The summed E-state index contributed by atoms with van der Waals surface area (Å²) in [6.45, 7) is 4.31. The van der Waals surface area contributed by atoms with Gasteiger partial charge < -0.3 is 4.90 Å². The van der Waals surface area contributed by atoms with Crippen molar-refractivity contribution in [1.29, 1.82) is 0 Å². The number of carbonyl (C=O) groups is 2. The monoisotopic (exact) mass is 387 g/mol. The molecule has 29 heavy (non-hydrogen) atoms. The lowest BCUT2D eigenvalue weighted by molar-refractivity contribution is -0.178. The molecule has 0 spiro atoms. The van der Waals surface area contributed by atoms with Crippen molar-refractivity contribution in [1.82, 2.24) is 4.90 Å². The Morgan fingerprint density at radius 3 is 2.28 bits per heavy atom. The first-order valence-electron chi connectivity index (χ1n) is 11.0. The van der Waals surface area contributed by atoms with E-state index >= 15 is 0 Å². The van der Waals surface area contributed by atoms with E-state index < -0.39 is 5.54 Å². The summed E-state index contributed by atoms with van der Waals surface area (Å²) in [5, 5.41) is 0. The van der Waals surface area contributed by atoms with E-state index in [1.54, 1.807) is 0 Å². The van der Waals surface area contributed by atoms with Gasteiger partial charge in [-0.05, 0) is 48.6 Å². The van der Waals surface area contributed by atoms with Gasteiger partial charge in [-0.1, -0.05) is 74.5 Å². The summed E-state index contributed by atoms with van der Waals surface area (Å²) in [6.07, 6.45) is 3.44. The Balaban J connectivity index is 1.46. The van der Waals surface area contributed by atoms with Crippen molar-refractivity contribution in [2.45, 2.75) is 57.0 Å². The van der Waals surface area contributed by atoms with Gasteiger partial charge >= 0.3 is 0 Å². The highest BCUT2D eigenvalue weighted by Crippen LogP contribution is 2.61. The van der Waals surface area contributed by atoms with Gasteiger partial charge in [0.25, 0.3) is 0 Å². The summed E-state index contributed by atoms with van der Waals surface area (Å²) >= 11 is 0. The lowest BCUT2D eigenvalue weighted by Crippen LogP contribution is -2.72. The van der Waals surface area contributed by atoms with Gasteiger partial charge in [0.15, 0.2) is 5.78 Å². The van der Waals surface area contributed by atoms with Crippen molar-refractivity contribution >= 4 is 11.7 Å². The highest BCUT2D eigenvalue weighted by atomic mass is 16.2. The van der Waals surface area contributed by atoms with Crippen molar-refractivity contribution in [3.8, 4) is 0 Å². The zero-order valence-electron chi connectivity index (χ0n) is 17.3. The van der Waals surface area contributed by atoms with Crippen molar-refractivity contribution in [3.05, 3.63) is 71.8 Å². The van der Waals surface area contributed by atoms with Crippen molar-refractivity contribution in [2.24, 2.45) is 17.8 Å². The minimum atomic E-state index is -0.573. The molecule has 1 amide bonds. The molecule has 3 fully saturated rings. The molecule has 0 bridgehead atoms. The minimum absolute atomic E-state index is 0.0463. The molecule has 5 rings (SSSR count). The fourth-order valence-corrected chi connectivity index (χ4v) is 5.93. The van der Waals surface area contributed by atoms with E-state index in [9.17, 15) is 9.59 Å². The maximum Gasteiger partial charge on any atom is 0.229 e. The Bertz CT molecular complexity index is 922. The third-order valence-corrected chi connectivity index (χ3v) is 7.33. The number of β-lactam (4-membered cyclic amide) rings is 1. The van der Waals surface area contributed by atoms with Gasteiger partial charge in [0, 0.05) is 5.92 Å². The molecule has 1 unspecified atom stereocenters. The van der Waals surface area contributed by atoms with Crippen LogP contribution < -0.4 is 0 Å². The van der Waals surface area contributed by atoms with Gasteiger partial charge in [-0.15, -0.1) is 0 Å². The van der Waals surface area contributed by atoms with E-state index in [1.165, 1.54) is 5.56 Å². The molecule has 150 valence electrons. The van der Waals surface area contributed by atoms with Crippen molar-refractivity contribution in [3.63, 3.8) is 0 Å². The smallest absolute Gasteiger partial charge is 0.229 e. The van der Waals surface area contributed by atoms with Gasteiger partial charge in [-0.2, -0.15) is 0 Å². The van der Waals surface area contributed by atoms with Crippen LogP contribution in [0.5, 0.6) is 0 Å². The van der Waals surface area contributed by atoms with Crippen molar-refractivity contribution in [2.75, 3.05) is 0 Å². The van der Waals surface area contributed by atoms with E-state index in [1.807, 2.05) is 29.2 Å². The molecule has 0 aromatic heterocycles. The van der Waals surface area contributed by atoms with Crippen molar-refractivity contribution < 1.29 is 9.59 Å². The molecule has 0 N–H and O–H groups in total. The van der Waals surface area contributed by atoms with Gasteiger partial charge in [0.05, 0.1) is 12.0 Å². The molecule has 2 aromatic carbocycles. The molecule has 2 heterocycles. The van der Waals surface area contributed by atoms with Crippen LogP contribution >= 0.6 is 0 Å². The number of hydrogen-bond donors (Lipinski definition) is 0. The standard InChI is InChI=1S/C26H29NO2/c1-17(2)15-22-25(29)27-23(19-11-7-4-8-12-19)13-14-26(22,27)24(28)21-16-20(21)18-9-5-3-6-10-18/h3-12,17,20-23H,13-16H2,1-2H3/t20-,21+,22+,23-,26?/m0/s1. The van der Waals surface area contributed by atoms with Gasteiger partial charge in [0.2, 0.25) is 5.91 Å². The number of carbonyl (C=O) groups excluding carboxylic acids is 2. The summed E-state index contributed by atoms with van der Waals surface area (Å²) in [5.74, 6) is 1.19. The minimum Gasteiger partial charge on any atom is -0.322 e. The Morgan fingerprint density at radius 1 is 1.03 bits per heavy atom. The van der Waals surface area contributed by atoms with E-state index in [4.69, 9.17) is 0 Å². The third-order valence-electron chi connectivity index (χ3n) is 7.33. The summed E-state index contributed by atoms with van der Waals surface area (Å²) in [4.78, 5) is 29.1. The first kappa shape index (κ1) is 18.6. The van der Waals surface area contributed by atoms with Crippen LogP contribution in [0.3, 0.4) is 0 Å². The maximum atomic E-state index is 13.9. The Morgan fingerprint density at radius 2 is 1.66 bits per heavy atom. The number of ketones is 1. The fraction of sp³-hybridized carbons (Fsp3) is 0.462. The summed E-state index contributed by atoms with van der Waals surface area (Å²) in [6, 6.07) is 20.7. The van der Waals surface area contributed by atoms with Crippen LogP contribution in [0.25, 0.3) is 0 Å². The van der Waals surface area contributed by atoms with Gasteiger partial charge in [0.1, 0.15) is 5.54 Å². The molecule has 3 heteroatoms. The Hall–Kier alpha value is -2.42. The number of rotatable bonds is 6. The Kier molecular flexibility index (Phi) is 4.38. The molecular formula is C26H29NO2. The Labute approximate surface area is 173 Å². The SMILES string of the molecule is CC(C)C[C@@H]1C(=O)N2[C@H](c3ccccc3)CCC12C(=O)[C@@H]1C[C@H]1c1ccccc1. The maximum absolute atomic E-state index is 13.9. The summed E-state index contributed by atoms with van der Waals surface area (Å²) < 4.78 is 0. The topological polar surface area (TPSA) is 37.4 Å². The molecule has 1 aliphatic carbocycles. The molecule has 3 nitrogen and oxygen atoms in total. The second kappa shape index (κ2) is 6.83. The molecular weight excluding hydrogens is 358 g/mol. The van der Waals surface area contributed by atoms with Crippen LogP contribution in [0.2, 0.25) is 0 Å². The molecule has 2 aromatic rings. The number of fused-ring (bicyclic) bond motifs is 1. The van der Waals surface area contributed by atoms with Crippen LogP contribution in [0, 0.1) is 17.8 Å². The zero-order chi connectivity index (χ0) is 20.2. The van der Waals surface area contributed by atoms with Gasteiger partial charge in [-0.25, -0.2) is 0 Å². The molecule has 3 aliphatic rings. The zero-order valence-corrected chi connectivity index (χ0v) is 17.3. The number of benzene rings is 2. The fourth-order valence-electron chi connectivity index (χ4n) is 5.93. The first-order chi connectivity index (χ1) is 14.0. The predicted molar refractivity (Wildman–Crippen MR) is 113 cm³/mol. The van der Waals surface area contributed by atoms with Gasteiger partial charge in [-0.3, -0.25) is 9.59 Å². The van der Waals surface area contributed by atoms with Crippen LogP contribution in [0.15, 0.2) is 60.7 Å². The average Bonchev–Trinajstić information content (AvgIpc) is 3.47. The lowest BCUT2D eigenvalue weighted by Gasteiger charge is -2.55. The summed E-state index contributed by atoms with van der Waals surface area (Å²) in [5.41, 5.74) is 1.85. The molecule has 2 aliphatic heterocycles. The highest BCUT2D eigenvalue weighted by molar-refractivity contribution is 6.07. The third kappa shape index (κ3) is 2.78. The lowest BCUT2D eigenvalue weighted by atomic mass is 9.66. The van der Waals surface area contributed by atoms with Crippen LogP contribution in [-0.4, -0.2) is 22.1 Å². The number of nitrogens with zero attached hydrogens (tertiary/aromatic N) is 1.